The normalized spacial score (nSPS) is 18.9. The number of aryl methyl sites for hydroxylation is 2. The molecule has 2 aliphatic rings. The van der Waals surface area contributed by atoms with Crippen molar-refractivity contribution in [3.05, 3.63) is 76.0 Å². The van der Waals surface area contributed by atoms with E-state index in [1.165, 1.54) is 24.0 Å². The summed E-state index contributed by atoms with van der Waals surface area (Å²) in [6.07, 6.45) is 10.9. The van der Waals surface area contributed by atoms with Crippen LogP contribution in [0.4, 0.5) is 0 Å². The predicted octanol–water partition coefficient (Wildman–Crippen LogP) is 5.31. The highest BCUT2D eigenvalue weighted by atomic mass is 32.1. The zero-order valence-corrected chi connectivity index (χ0v) is 22.7. The van der Waals surface area contributed by atoms with Crippen molar-refractivity contribution in [2.24, 2.45) is 5.41 Å². The highest BCUT2D eigenvalue weighted by molar-refractivity contribution is 7.09. The molecule has 1 aromatic carbocycles. The van der Waals surface area contributed by atoms with E-state index in [1.807, 2.05) is 24.7 Å². The molecule has 2 aromatic heterocycles. The number of piperidine rings is 1. The lowest BCUT2D eigenvalue weighted by atomic mass is 9.73. The van der Waals surface area contributed by atoms with Crippen LogP contribution in [0.25, 0.3) is 0 Å². The van der Waals surface area contributed by atoms with Crippen molar-refractivity contribution in [3.8, 4) is 5.75 Å². The maximum Gasteiger partial charge on any atom is 0.228 e. The van der Waals surface area contributed by atoms with Crippen LogP contribution in [-0.4, -0.2) is 58.5 Å². The summed E-state index contributed by atoms with van der Waals surface area (Å²) in [6, 6.07) is 12.7. The second-order valence-electron chi connectivity index (χ2n) is 10.6. The summed E-state index contributed by atoms with van der Waals surface area (Å²) in [7, 11) is 0. The van der Waals surface area contributed by atoms with Gasteiger partial charge in [0, 0.05) is 50.5 Å². The third-order valence-electron chi connectivity index (χ3n) is 7.93. The molecule has 0 N–H and O–H groups in total. The van der Waals surface area contributed by atoms with Crippen LogP contribution in [0.15, 0.2) is 54.2 Å². The number of rotatable bonds is 4. The van der Waals surface area contributed by atoms with E-state index in [0.717, 1.165) is 74.9 Å². The van der Waals surface area contributed by atoms with Crippen molar-refractivity contribution in [1.29, 1.82) is 0 Å². The third kappa shape index (κ3) is 6.96. The molecular weight excluding hydrogens is 480 g/mol. The second kappa shape index (κ2) is 12.2. The Labute approximate surface area is 224 Å². The number of amides is 1. The molecule has 1 fully saturated rings. The number of pyridine rings is 1. The van der Waals surface area contributed by atoms with Gasteiger partial charge in [-0.05, 0) is 73.8 Å². The molecule has 2 aliphatic heterocycles. The molecule has 0 aliphatic carbocycles. The molecule has 1 spiro atoms. The summed E-state index contributed by atoms with van der Waals surface area (Å²) in [6.45, 7) is 7.15. The monoisotopic (exact) mass is 518 g/mol. The Balaban J connectivity index is 1.29. The number of carbonyl (C=O) groups is 1. The molecule has 3 aromatic rings. The largest absolute Gasteiger partial charge is 0.492 e. The van der Waals surface area contributed by atoms with Gasteiger partial charge in [0.05, 0.1) is 17.1 Å². The average molecular weight is 519 g/mol. The van der Waals surface area contributed by atoms with E-state index in [0.29, 0.717) is 13.0 Å². The van der Waals surface area contributed by atoms with Crippen molar-refractivity contribution < 1.29 is 9.53 Å². The van der Waals surface area contributed by atoms with Gasteiger partial charge in [0.1, 0.15) is 12.4 Å². The van der Waals surface area contributed by atoms with Crippen LogP contribution >= 0.6 is 11.3 Å². The number of aromatic nitrogens is 2. The molecule has 1 amide bonds. The molecule has 0 atom stereocenters. The van der Waals surface area contributed by atoms with Gasteiger partial charge >= 0.3 is 0 Å². The maximum atomic E-state index is 13.0. The SMILES string of the molecule is Cc1nc(CC(=O)N2CCC3(CCCCc4ccccc4OCCN(Cc4ccncc4)C3)CC2)cs1. The highest BCUT2D eigenvalue weighted by Crippen LogP contribution is 2.39. The molecule has 7 heteroatoms. The molecule has 0 radical (unpaired) electrons. The number of para-hydroxylation sites is 1. The minimum Gasteiger partial charge on any atom is -0.492 e. The van der Waals surface area contributed by atoms with Crippen LogP contribution in [0.1, 0.15) is 53.9 Å². The fraction of sp³-hybridized carbons (Fsp3) is 0.500. The van der Waals surface area contributed by atoms with Gasteiger partial charge < -0.3 is 9.64 Å². The first kappa shape index (κ1) is 25.9. The Kier molecular flexibility index (Phi) is 8.52. The number of hydrogen-bond donors (Lipinski definition) is 0. The van der Waals surface area contributed by atoms with Crippen molar-refractivity contribution in [1.82, 2.24) is 19.8 Å². The van der Waals surface area contributed by atoms with Crippen molar-refractivity contribution in [2.75, 3.05) is 32.8 Å². The summed E-state index contributed by atoms with van der Waals surface area (Å²) in [5.41, 5.74) is 3.72. The Bertz CT molecular complexity index is 1160. The Morgan fingerprint density at radius 2 is 1.86 bits per heavy atom. The van der Waals surface area contributed by atoms with Gasteiger partial charge in [-0.15, -0.1) is 11.3 Å². The van der Waals surface area contributed by atoms with Crippen molar-refractivity contribution in [2.45, 2.75) is 58.4 Å². The first-order valence-corrected chi connectivity index (χ1v) is 14.5. The van der Waals surface area contributed by atoms with Gasteiger partial charge in [-0.2, -0.15) is 0 Å². The first-order valence-electron chi connectivity index (χ1n) is 13.6. The summed E-state index contributed by atoms with van der Waals surface area (Å²) < 4.78 is 6.30. The van der Waals surface area contributed by atoms with Crippen LogP contribution in [0.2, 0.25) is 0 Å². The minimum atomic E-state index is 0.215. The van der Waals surface area contributed by atoms with Crippen LogP contribution in [-0.2, 0) is 24.2 Å². The molecule has 6 nitrogen and oxygen atoms in total. The van der Waals surface area contributed by atoms with Gasteiger partial charge in [0.25, 0.3) is 0 Å². The zero-order valence-electron chi connectivity index (χ0n) is 21.9. The van der Waals surface area contributed by atoms with E-state index in [2.05, 4.69) is 56.2 Å². The molecule has 0 saturated carbocycles. The van der Waals surface area contributed by atoms with E-state index in [4.69, 9.17) is 4.74 Å². The molecule has 196 valence electrons. The van der Waals surface area contributed by atoms with Crippen LogP contribution in [0.3, 0.4) is 0 Å². The fourth-order valence-corrected chi connectivity index (χ4v) is 6.47. The van der Waals surface area contributed by atoms with E-state index in [-0.39, 0.29) is 11.3 Å². The first-order chi connectivity index (χ1) is 18.1. The lowest BCUT2D eigenvalue weighted by Crippen LogP contribution is -2.48. The third-order valence-corrected chi connectivity index (χ3v) is 8.75. The van der Waals surface area contributed by atoms with Gasteiger partial charge in [-0.1, -0.05) is 24.6 Å². The van der Waals surface area contributed by atoms with Gasteiger partial charge in [-0.25, -0.2) is 4.98 Å². The maximum absolute atomic E-state index is 13.0. The predicted molar refractivity (Wildman–Crippen MR) is 148 cm³/mol. The lowest BCUT2D eigenvalue weighted by Gasteiger charge is -2.45. The van der Waals surface area contributed by atoms with Crippen LogP contribution in [0, 0.1) is 12.3 Å². The number of carbonyl (C=O) groups excluding carboxylic acids is 1. The molecule has 0 bridgehead atoms. The minimum absolute atomic E-state index is 0.215. The number of nitrogens with zero attached hydrogens (tertiary/aromatic N) is 4. The highest BCUT2D eigenvalue weighted by Gasteiger charge is 2.37. The summed E-state index contributed by atoms with van der Waals surface area (Å²) >= 11 is 1.62. The standard InChI is InChI=1S/C30H38N4O2S/c1-24-32-27(22-37-24)20-29(35)34-16-12-30(13-17-34)11-5-4-7-26-6-2-3-8-28(26)36-19-18-33(23-30)21-25-9-14-31-15-10-25/h2-3,6,8-10,14-15,22H,4-5,7,11-13,16-21,23H2,1H3. The summed E-state index contributed by atoms with van der Waals surface area (Å²) in [5.74, 6) is 1.25. The average Bonchev–Trinajstić information content (AvgIpc) is 3.32. The topological polar surface area (TPSA) is 58.6 Å². The number of hydrogen-bond acceptors (Lipinski definition) is 6. The van der Waals surface area contributed by atoms with E-state index < -0.39 is 0 Å². The van der Waals surface area contributed by atoms with Crippen LogP contribution < -0.4 is 4.74 Å². The number of benzene rings is 1. The second-order valence-corrected chi connectivity index (χ2v) is 11.7. The van der Waals surface area contributed by atoms with E-state index >= 15 is 0 Å². The fourth-order valence-electron chi connectivity index (χ4n) is 5.86. The summed E-state index contributed by atoms with van der Waals surface area (Å²) in [4.78, 5) is 26.4. The number of ether oxygens (including phenoxy) is 1. The summed E-state index contributed by atoms with van der Waals surface area (Å²) in [5, 5.41) is 3.04. The zero-order chi connectivity index (χ0) is 25.5. The van der Waals surface area contributed by atoms with Crippen LogP contribution in [0.5, 0.6) is 5.75 Å². The van der Waals surface area contributed by atoms with Gasteiger partial charge in [0.2, 0.25) is 5.91 Å². The molecule has 37 heavy (non-hydrogen) atoms. The molecule has 1 saturated heterocycles. The molecule has 5 rings (SSSR count). The van der Waals surface area contributed by atoms with E-state index in [1.54, 1.807) is 11.3 Å². The Hall–Kier alpha value is -2.77. The van der Waals surface area contributed by atoms with E-state index in [9.17, 15) is 4.79 Å². The Morgan fingerprint density at radius 1 is 1.05 bits per heavy atom. The molecule has 0 unspecified atom stereocenters. The number of thiazole rings is 1. The quantitative estimate of drug-likeness (QED) is 0.469. The molecular formula is C30H38N4O2S. The smallest absolute Gasteiger partial charge is 0.228 e. The lowest BCUT2D eigenvalue weighted by molar-refractivity contribution is -0.133. The van der Waals surface area contributed by atoms with Gasteiger partial charge in [-0.3, -0.25) is 14.7 Å². The van der Waals surface area contributed by atoms with Crippen molar-refractivity contribution in [3.63, 3.8) is 0 Å². The number of fused-ring (bicyclic) bond motifs is 1. The van der Waals surface area contributed by atoms with Gasteiger partial charge in [0.15, 0.2) is 0 Å². The Morgan fingerprint density at radius 3 is 2.65 bits per heavy atom. The molecule has 4 heterocycles. The van der Waals surface area contributed by atoms with Crippen molar-refractivity contribution >= 4 is 17.2 Å². The number of likely N-dealkylation sites (tertiary alicyclic amines) is 1.